The number of anilines is 2. The number of nitrogens with one attached hydrogen (secondary N) is 1. The lowest BCUT2D eigenvalue weighted by molar-refractivity contribution is -0.117. The number of benzene rings is 1. The van der Waals surface area contributed by atoms with Crippen LogP contribution in [0.5, 0.6) is 0 Å². The maximum atomic E-state index is 14.2. The number of nitrogens with zero attached hydrogens (tertiary/aromatic N) is 3. The van der Waals surface area contributed by atoms with Gasteiger partial charge in [0.25, 0.3) is 0 Å². The summed E-state index contributed by atoms with van der Waals surface area (Å²) in [5.41, 5.74) is -0.154. The average Bonchev–Trinajstić information content (AvgIpc) is 2.90. The van der Waals surface area contributed by atoms with Crippen molar-refractivity contribution in [2.45, 2.75) is 25.8 Å². The van der Waals surface area contributed by atoms with Crippen LogP contribution in [0.4, 0.5) is 24.7 Å². The van der Waals surface area contributed by atoms with Crippen molar-refractivity contribution in [1.82, 2.24) is 9.97 Å². The highest BCUT2D eigenvalue weighted by molar-refractivity contribution is 6.01. The highest BCUT2D eigenvalue weighted by atomic mass is 19.1. The van der Waals surface area contributed by atoms with Gasteiger partial charge in [-0.05, 0) is 25.0 Å². The molecule has 1 aromatic heterocycles. The number of amides is 1. The van der Waals surface area contributed by atoms with Gasteiger partial charge in [-0.25, -0.2) is 23.1 Å². The molecular weight excluding hydrogens is 321 g/mol. The quantitative estimate of drug-likeness (QED) is 0.933. The van der Waals surface area contributed by atoms with Crippen molar-refractivity contribution in [3.63, 3.8) is 0 Å². The molecule has 0 saturated carbocycles. The second kappa shape index (κ2) is 6.46. The fourth-order valence-corrected chi connectivity index (χ4v) is 2.70. The third-order valence-corrected chi connectivity index (χ3v) is 3.92. The summed E-state index contributed by atoms with van der Waals surface area (Å²) in [6, 6.07) is 2.60. The molecule has 1 unspecified atom stereocenters. The Labute approximate surface area is 136 Å². The molecule has 1 aliphatic rings. The van der Waals surface area contributed by atoms with Crippen LogP contribution in [-0.2, 0) is 11.2 Å². The lowest BCUT2D eigenvalue weighted by atomic mass is 10.2. The SMILES string of the molecule is CCc1ncnc(NC2CCN(c3c(F)cccc3F)C2=O)c1F. The summed E-state index contributed by atoms with van der Waals surface area (Å²) in [4.78, 5) is 21.1. The third kappa shape index (κ3) is 2.79. The van der Waals surface area contributed by atoms with Crippen LogP contribution in [0, 0.1) is 17.5 Å². The van der Waals surface area contributed by atoms with Crippen molar-refractivity contribution in [1.29, 1.82) is 0 Å². The number of para-hydroxylation sites is 1. The molecular formula is C16H15F3N4O. The van der Waals surface area contributed by atoms with Crippen LogP contribution in [0.3, 0.4) is 0 Å². The molecule has 0 bridgehead atoms. The Bertz CT molecular complexity index is 764. The summed E-state index contributed by atoms with van der Waals surface area (Å²) < 4.78 is 41.9. The van der Waals surface area contributed by atoms with Crippen LogP contribution in [0.15, 0.2) is 24.5 Å². The summed E-state index contributed by atoms with van der Waals surface area (Å²) in [7, 11) is 0. The Morgan fingerprint density at radius 2 is 1.96 bits per heavy atom. The van der Waals surface area contributed by atoms with Gasteiger partial charge >= 0.3 is 0 Å². The van der Waals surface area contributed by atoms with E-state index < -0.39 is 29.4 Å². The fourth-order valence-electron chi connectivity index (χ4n) is 2.70. The van der Waals surface area contributed by atoms with Crippen LogP contribution in [0.25, 0.3) is 0 Å². The molecule has 126 valence electrons. The van der Waals surface area contributed by atoms with E-state index in [9.17, 15) is 18.0 Å². The molecule has 0 spiro atoms. The third-order valence-electron chi connectivity index (χ3n) is 3.92. The number of hydrogen-bond acceptors (Lipinski definition) is 4. The summed E-state index contributed by atoms with van der Waals surface area (Å²) in [5.74, 6) is -2.87. The molecule has 1 saturated heterocycles. The van der Waals surface area contributed by atoms with Gasteiger partial charge in [0, 0.05) is 6.54 Å². The van der Waals surface area contributed by atoms with E-state index in [1.54, 1.807) is 6.92 Å². The van der Waals surface area contributed by atoms with Gasteiger partial charge in [0.1, 0.15) is 29.7 Å². The topological polar surface area (TPSA) is 58.1 Å². The number of rotatable bonds is 4. The van der Waals surface area contributed by atoms with Crippen LogP contribution in [0.1, 0.15) is 19.0 Å². The Hall–Kier alpha value is -2.64. The zero-order valence-electron chi connectivity index (χ0n) is 12.9. The van der Waals surface area contributed by atoms with Gasteiger partial charge in [-0.1, -0.05) is 13.0 Å². The van der Waals surface area contributed by atoms with Gasteiger partial charge in [-0.15, -0.1) is 0 Å². The molecule has 0 aliphatic carbocycles. The van der Waals surface area contributed by atoms with Crippen LogP contribution >= 0.6 is 0 Å². The van der Waals surface area contributed by atoms with Crippen LogP contribution in [-0.4, -0.2) is 28.5 Å². The minimum absolute atomic E-state index is 0.0870. The van der Waals surface area contributed by atoms with Crippen LogP contribution < -0.4 is 10.2 Å². The standard InChI is InChI=1S/C16H15F3N4O/c1-2-11-13(19)15(21-8-20-11)22-12-6-7-23(16(12)24)14-9(17)4-3-5-10(14)18/h3-5,8,12H,2,6-7H2,1H3,(H,20,21,22). The zero-order valence-corrected chi connectivity index (χ0v) is 12.9. The van der Waals surface area contributed by atoms with Crippen molar-refractivity contribution in [2.24, 2.45) is 0 Å². The van der Waals surface area contributed by atoms with Gasteiger partial charge in [-0.3, -0.25) is 4.79 Å². The van der Waals surface area contributed by atoms with Gasteiger partial charge in [0.2, 0.25) is 5.91 Å². The predicted molar refractivity (Wildman–Crippen MR) is 82.1 cm³/mol. The second-order valence-electron chi connectivity index (χ2n) is 5.38. The first-order valence-electron chi connectivity index (χ1n) is 7.54. The smallest absolute Gasteiger partial charge is 0.249 e. The Morgan fingerprint density at radius 3 is 2.62 bits per heavy atom. The van der Waals surface area contributed by atoms with E-state index in [0.29, 0.717) is 6.42 Å². The van der Waals surface area contributed by atoms with E-state index in [4.69, 9.17) is 0 Å². The largest absolute Gasteiger partial charge is 0.356 e. The van der Waals surface area contributed by atoms with E-state index in [2.05, 4.69) is 15.3 Å². The summed E-state index contributed by atoms with van der Waals surface area (Å²) in [6.07, 6.45) is 1.86. The molecule has 1 amide bonds. The number of carbonyl (C=O) groups is 1. The zero-order chi connectivity index (χ0) is 17.3. The molecule has 8 heteroatoms. The van der Waals surface area contributed by atoms with E-state index >= 15 is 0 Å². The lowest BCUT2D eigenvalue weighted by Gasteiger charge is -2.19. The first-order chi connectivity index (χ1) is 11.5. The summed E-state index contributed by atoms with van der Waals surface area (Å²) in [6.45, 7) is 1.88. The highest BCUT2D eigenvalue weighted by Crippen LogP contribution is 2.29. The van der Waals surface area contributed by atoms with Crippen molar-refractivity contribution in [3.05, 3.63) is 47.7 Å². The normalized spacial score (nSPS) is 17.4. The molecule has 1 atom stereocenters. The molecule has 1 aliphatic heterocycles. The van der Waals surface area contributed by atoms with E-state index in [0.717, 1.165) is 17.0 Å². The number of hydrogen-bond donors (Lipinski definition) is 1. The maximum Gasteiger partial charge on any atom is 0.249 e. The Kier molecular flexibility index (Phi) is 4.37. The first kappa shape index (κ1) is 16.2. The van der Waals surface area contributed by atoms with Crippen molar-refractivity contribution in [3.8, 4) is 0 Å². The lowest BCUT2D eigenvalue weighted by Crippen LogP contribution is -2.35. The molecule has 3 rings (SSSR count). The van der Waals surface area contributed by atoms with Crippen molar-refractivity contribution in [2.75, 3.05) is 16.8 Å². The van der Waals surface area contributed by atoms with Gasteiger partial charge < -0.3 is 10.2 Å². The molecule has 24 heavy (non-hydrogen) atoms. The average molecular weight is 336 g/mol. The molecule has 1 N–H and O–H groups in total. The molecule has 5 nitrogen and oxygen atoms in total. The van der Waals surface area contributed by atoms with Crippen molar-refractivity contribution >= 4 is 17.4 Å². The number of halogens is 3. The summed E-state index contributed by atoms with van der Waals surface area (Å²) in [5, 5.41) is 2.71. The van der Waals surface area contributed by atoms with E-state index in [1.807, 2.05) is 0 Å². The van der Waals surface area contributed by atoms with Gasteiger partial charge in [-0.2, -0.15) is 0 Å². The molecule has 1 aromatic carbocycles. The minimum Gasteiger partial charge on any atom is -0.356 e. The highest BCUT2D eigenvalue weighted by Gasteiger charge is 2.36. The molecule has 2 aromatic rings. The van der Waals surface area contributed by atoms with Crippen LogP contribution in [0.2, 0.25) is 0 Å². The predicted octanol–water partition coefficient (Wildman–Crippen LogP) is 2.67. The van der Waals surface area contributed by atoms with E-state index in [1.165, 1.54) is 12.4 Å². The molecule has 1 fully saturated rings. The Morgan fingerprint density at radius 1 is 1.25 bits per heavy atom. The number of aryl methyl sites for hydroxylation is 1. The fraction of sp³-hybridized carbons (Fsp3) is 0.312. The minimum atomic E-state index is -0.814. The summed E-state index contributed by atoms with van der Waals surface area (Å²) >= 11 is 0. The monoisotopic (exact) mass is 336 g/mol. The van der Waals surface area contributed by atoms with Gasteiger partial charge in [0.05, 0.1) is 5.69 Å². The van der Waals surface area contributed by atoms with E-state index in [-0.39, 0.29) is 30.2 Å². The number of aromatic nitrogens is 2. The second-order valence-corrected chi connectivity index (χ2v) is 5.38. The van der Waals surface area contributed by atoms with Gasteiger partial charge in [0.15, 0.2) is 11.6 Å². The maximum absolute atomic E-state index is 14.2. The molecule has 2 heterocycles. The molecule has 0 radical (unpaired) electrons. The van der Waals surface area contributed by atoms with Crippen molar-refractivity contribution < 1.29 is 18.0 Å². The number of carbonyl (C=O) groups excluding carboxylic acids is 1. The first-order valence-corrected chi connectivity index (χ1v) is 7.54. The Balaban J connectivity index is 1.83.